The van der Waals surface area contributed by atoms with Crippen LogP contribution in [-0.4, -0.2) is 15.9 Å². The highest BCUT2D eigenvalue weighted by Crippen LogP contribution is 2.41. The Hall–Kier alpha value is -4.55. The molecular formula is C21H13ClF3N9. The molecule has 1 aliphatic heterocycles. The van der Waals surface area contributed by atoms with E-state index in [1.54, 1.807) is 30.5 Å². The third kappa shape index (κ3) is 4.10. The van der Waals surface area contributed by atoms with Gasteiger partial charge in [0.15, 0.2) is 6.19 Å². The number of nitrogens with two attached hydrogens (primary N) is 2. The molecule has 0 fully saturated rings. The second-order valence-electron chi connectivity index (χ2n) is 7.09. The van der Waals surface area contributed by atoms with Gasteiger partial charge in [-0.25, -0.2) is 15.0 Å². The van der Waals surface area contributed by atoms with Crippen LogP contribution in [-0.2, 0) is 6.18 Å². The quantitative estimate of drug-likeness (QED) is 0.243. The molecule has 0 radical (unpaired) electrons. The number of anilines is 3. The summed E-state index contributed by atoms with van der Waals surface area (Å²) in [5, 5.41) is 23.3. The summed E-state index contributed by atoms with van der Waals surface area (Å²) in [6, 6.07) is 9.09. The van der Waals surface area contributed by atoms with Crippen LogP contribution in [0, 0.1) is 22.8 Å². The fourth-order valence-corrected chi connectivity index (χ4v) is 3.68. The number of hydrogen-bond donors (Lipinski definition) is 4. The van der Waals surface area contributed by atoms with Gasteiger partial charge in [0.2, 0.25) is 5.96 Å². The summed E-state index contributed by atoms with van der Waals surface area (Å²) < 4.78 is 39.5. The molecule has 4 rings (SSSR count). The summed E-state index contributed by atoms with van der Waals surface area (Å²) in [7, 11) is 0. The SMILES string of the molecule is N#CNC1=NC(c2ccc(-c3cc(C(F)(F)F)cc(Cl)n3)cc2)c2c(nc(N)c(C#N)c2N)N1. The Labute approximate surface area is 195 Å². The summed E-state index contributed by atoms with van der Waals surface area (Å²) in [6.07, 6.45) is -2.83. The summed E-state index contributed by atoms with van der Waals surface area (Å²) in [5.41, 5.74) is 12.5. The van der Waals surface area contributed by atoms with Crippen molar-refractivity contribution in [3.05, 3.63) is 63.8 Å². The van der Waals surface area contributed by atoms with Crippen molar-refractivity contribution < 1.29 is 13.2 Å². The molecule has 0 bridgehead atoms. The maximum Gasteiger partial charge on any atom is 0.416 e. The molecular weight excluding hydrogens is 471 g/mol. The maximum absolute atomic E-state index is 13.2. The predicted molar refractivity (Wildman–Crippen MR) is 119 cm³/mol. The maximum atomic E-state index is 13.2. The molecule has 3 aromatic rings. The first kappa shape index (κ1) is 22.6. The van der Waals surface area contributed by atoms with Crippen molar-refractivity contribution >= 4 is 34.9 Å². The van der Waals surface area contributed by atoms with Gasteiger partial charge in [-0.1, -0.05) is 35.9 Å². The van der Waals surface area contributed by atoms with E-state index in [1.165, 1.54) is 0 Å². The van der Waals surface area contributed by atoms with Gasteiger partial charge in [0, 0.05) is 11.1 Å². The second-order valence-corrected chi connectivity index (χ2v) is 7.47. The topological polar surface area (TPSA) is 162 Å². The van der Waals surface area contributed by atoms with Gasteiger partial charge in [0.05, 0.1) is 16.9 Å². The lowest BCUT2D eigenvalue weighted by Crippen LogP contribution is -2.32. The minimum atomic E-state index is -4.58. The zero-order chi connectivity index (χ0) is 24.6. The Morgan fingerprint density at radius 1 is 1.09 bits per heavy atom. The van der Waals surface area contributed by atoms with Crippen LogP contribution >= 0.6 is 11.6 Å². The number of aliphatic imine (C=N–C) groups is 1. The van der Waals surface area contributed by atoms with Gasteiger partial charge >= 0.3 is 6.18 Å². The van der Waals surface area contributed by atoms with Gasteiger partial charge < -0.3 is 16.8 Å². The van der Waals surface area contributed by atoms with E-state index in [0.29, 0.717) is 16.7 Å². The molecule has 9 nitrogen and oxygen atoms in total. The van der Waals surface area contributed by atoms with Crippen LogP contribution < -0.4 is 22.1 Å². The van der Waals surface area contributed by atoms with Crippen LogP contribution in [0.1, 0.15) is 28.3 Å². The molecule has 1 atom stereocenters. The number of rotatable bonds is 2. The van der Waals surface area contributed by atoms with Crippen LogP contribution in [0.3, 0.4) is 0 Å². The Kier molecular flexibility index (Phi) is 5.61. The molecule has 2 aromatic heterocycles. The normalized spacial score (nSPS) is 14.8. The number of fused-ring (bicyclic) bond motifs is 1. The second kappa shape index (κ2) is 8.42. The molecule has 1 aliphatic rings. The lowest BCUT2D eigenvalue weighted by molar-refractivity contribution is -0.137. The Bertz CT molecular complexity index is 1400. The number of benzene rings is 1. The third-order valence-electron chi connectivity index (χ3n) is 5.00. The van der Waals surface area contributed by atoms with Crippen LogP contribution in [0.2, 0.25) is 5.15 Å². The average molecular weight is 484 g/mol. The number of halogens is 4. The van der Waals surface area contributed by atoms with Gasteiger partial charge in [-0.15, -0.1) is 0 Å². The fourth-order valence-electron chi connectivity index (χ4n) is 3.47. The third-order valence-corrected chi connectivity index (χ3v) is 5.19. The predicted octanol–water partition coefficient (Wildman–Crippen LogP) is 3.79. The van der Waals surface area contributed by atoms with Crippen molar-refractivity contribution in [2.45, 2.75) is 12.2 Å². The number of pyridine rings is 2. The summed E-state index contributed by atoms with van der Waals surface area (Å²) >= 11 is 5.79. The molecule has 1 aromatic carbocycles. The molecule has 0 saturated carbocycles. The van der Waals surface area contributed by atoms with Gasteiger partial charge in [-0.2, -0.15) is 23.7 Å². The molecule has 170 valence electrons. The minimum absolute atomic E-state index is 0.0168. The molecule has 3 heterocycles. The summed E-state index contributed by atoms with van der Waals surface area (Å²) in [4.78, 5) is 12.6. The standard InChI is InChI=1S/C21H13ClF3N9/c22-14-6-11(21(23,24)25)5-13(31-14)9-1-3-10(4-2-9)17-15-16(28)12(7-26)18(29)33-19(15)34-20(32-17)30-8-27/h1-6,17H,(H6,28,29,30,32,33,34). The highest BCUT2D eigenvalue weighted by Gasteiger charge is 2.32. The first-order valence-electron chi connectivity index (χ1n) is 9.46. The lowest BCUT2D eigenvalue weighted by Gasteiger charge is -2.26. The minimum Gasteiger partial charge on any atom is -0.397 e. The molecule has 0 spiro atoms. The van der Waals surface area contributed by atoms with Crippen molar-refractivity contribution in [1.82, 2.24) is 15.3 Å². The van der Waals surface area contributed by atoms with E-state index >= 15 is 0 Å². The van der Waals surface area contributed by atoms with E-state index in [1.807, 2.05) is 6.07 Å². The van der Waals surface area contributed by atoms with Gasteiger partial charge in [0.1, 0.15) is 34.5 Å². The summed E-state index contributed by atoms with van der Waals surface area (Å²) in [6.45, 7) is 0. The highest BCUT2D eigenvalue weighted by atomic mass is 35.5. The highest BCUT2D eigenvalue weighted by molar-refractivity contribution is 6.29. The number of alkyl halides is 3. The van der Waals surface area contributed by atoms with E-state index in [4.69, 9.17) is 28.3 Å². The Morgan fingerprint density at radius 3 is 2.41 bits per heavy atom. The smallest absolute Gasteiger partial charge is 0.397 e. The van der Waals surface area contributed by atoms with E-state index in [0.717, 1.165) is 12.1 Å². The zero-order valence-electron chi connectivity index (χ0n) is 16.9. The molecule has 6 N–H and O–H groups in total. The van der Waals surface area contributed by atoms with Gasteiger partial charge in [0.25, 0.3) is 0 Å². The van der Waals surface area contributed by atoms with Crippen LogP contribution in [0.25, 0.3) is 11.3 Å². The number of hydrogen-bond acceptors (Lipinski definition) is 9. The Morgan fingerprint density at radius 2 is 1.79 bits per heavy atom. The molecule has 1 unspecified atom stereocenters. The largest absolute Gasteiger partial charge is 0.416 e. The van der Waals surface area contributed by atoms with Gasteiger partial charge in [-0.3, -0.25) is 5.32 Å². The summed E-state index contributed by atoms with van der Waals surface area (Å²) in [5.74, 6) is 0.194. The van der Waals surface area contributed by atoms with Crippen molar-refractivity contribution in [3.63, 3.8) is 0 Å². The lowest BCUT2D eigenvalue weighted by atomic mass is 9.94. The van der Waals surface area contributed by atoms with E-state index < -0.39 is 17.8 Å². The van der Waals surface area contributed by atoms with Crippen LogP contribution in [0.15, 0.2) is 41.4 Å². The van der Waals surface area contributed by atoms with Crippen molar-refractivity contribution in [2.75, 3.05) is 16.8 Å². The number of nitrogen functional groups attached to an aromatic ring is 2. The van der Waals surface area contributed by atoms with Crippen molar-refractivity contribution in [2.24, 2.45) is 4.99 Å². The van der Waals surface area contributed by atoms with E-state index in [9.17, 15) is 18.4 Å². The fraction of sp³-hybridized carbons (Fsp3) is 0.0952. The molecule has 0 aliphatic carbocycles. The van der Waals surface area contributed by atoms with Crippen LogP contribution in [0.4, 0.5) is 30.5 Å². The Balaban J connectivity index is 1.80. The van der Waals surface area contributed by atoms with E-state index in [2.05, 4.69) is 25.6 Å². The van der Waals surface area contributed by atoms with Crippen molar-refractivity contribution in [1.29, 1.82) is 10.5 Å². The van der Waals surface area contributed by atoms with E-state index in [-0.39, 0.29) is 39.7 Å². The number of nitriles is 2. The molecule has 13 heteroatoms. The number of nitrogens with zero attached hydrogens (tertiary/aromatic N) is 5. The number of nitrogens with one attached hydrogen (secondary N) is 2. The van der Waals surface area contributed by atoms with Crippen molar-refractivity contribution in [3.8, 4) is 23.5 Å². The molecule has 34 heavy (non-hydrogen) atoms. The van der Waals surface area contributed by atoms with Crippen LogP contribution in [0.5, 0.6) is 0 Å². The molecule has 0 amide bonds. The first-order chi connectivity index (χ1) is 16.1. The zero-order valence-corrected chi connectivity index (χ0v) is 17.7. The number of guanidine groups is 1. The van der Waals surface area contributed by atoms with Gasteiger partial charge in [-0.05, 0) is 17.7 Å². The monoisotopic (exact) mass is 483 g/mol. The molecule has 0 saturated heterocycles. The average Bonchev–Trinajstić information content (AvgIpc) is 2.78. The first-order valence-corrected chi connectivity index (χ1v) is 9.84. The number of aromatic nitrogens is 2.